The first kappa shape index (κ1) is 12.5. The van der Waals surface area contributed by atoms with Gasteiger partial charge in [0.1, 0.15) is 5.82 Å². The highest BCUT2D eigenvalue weighted by Gasteiger charge is 2.26. The quantitative estimate of drug-likeness (QED) is 0.622. The van der Waals surface area contributed by atoms with E-state index in [0.29, 0.717) is 6.07 Å². The summed E-state index contributed by atoms with van der Waals surface area (Å²) in [5, 5.41) is 10.5. The maximum Gasteiger partial charge on any atom is 0.292 e. The van der Waals surface area contributed by atoms with Gasteiger partial charge in [-0.25, -0.2) is 12.8 Å². The smallest absolute Gasteiger partial charge is 0.290 e. The molecular weight excluding hydrogens is 243 g/mol. The average Bonchev–Trinajstić information content (AvgIpc) is 2.16. The van der Waals surface area contributed by atoms with Gasteiger partial charge in [-0.1, -0.05) is 4.89 Å². The molecule has 9 heteroatoms. The van der Waals surface area contributed by atoms with Crippen molar-refractivity contribution in [1.82, 2.24) is 4.89 Å². The third-order valence-electron chi connectivity index (χ3n) is 1.60. The molecular formula is C7H7FN2O5S. The molecule has 88 valence electrons. The van der Waals surface area contributed by atoms with Gasteiger partial charge in [-0.15, -0.1) is 0 Å². The van der Waals surface area contributed by atoms with E-state index in [1.807, 2.05) is 0 Å². The molecule has 0 amide bonds. The molecule has 0 saturated carbocycles. The van der Waals surface area contributed by atoms with E-state index >= 15 is 0 Å². The van der Waals surface area contributed by atoms with Crippen LogP contribution in [0.25, 0.3) is 0 Å². The molecule has 0 atom stereocenters. The summed E-state index contributed by atoms with van der Waals surface area (Å²) in [5.74, 6) is -0.900. The summed E-state index contributed by atoms with van der Waals surface area (Å²) in [6.45, 7) is 0. The molecule has 1 aromatic rings. The highest BCUT2D eigenvalue weighted by Crippen LogP contribution is 2.24. The second-order valence-electron chi connectivity index (χ2n) is 2.66. The van der Waals surface area contributed by atoms with Gasteiger partial charge in [0.15, 0.2) is 4.90 Å². The van der Waals surface area contributed by atoms with Crippen molar-refractivity contribution in [2.75, 3.05) is 7.11 Å². The Hall–Kier alpha value is -1.58. The van der Waals surface area contributed by atoms with Crippen LogP contribution in [-0.2, 0) is 14.9 Å². The molecule has 0 aliphatic rings. The maximum atomic E-state index is 12.7. The zero-order valence-corrected chi connectivity index (χ0v) is 8.82. The number of nitro groups is 1. The third kappa shape index (κ3) is 2.51. The van der Waals surface area contributed by atoms with E-state index in [-0.39, 0.29) is 0 Å². The molecule has 1 aromatic carbocycles. The Morgan fingerprint density at radius 2 is 2.12 bits per heavy atom. The lowest BCUT2D eigenvalue weighted by atomic mass is 10.3. The van der Waals surface area contributed by atoms with E-state index in [9.17, 15) is 22.9 Å². The van der Waals surface area contributed by atoms with Crippen LogP contribution in [-0.4, -0.2) is 20.5 Å². The Balaban J connectivity index is 3.39. The molecule has 7 nitrogen and oxygen atoms in total. The molecule has 0 saturated heterocycles. The van der Waals surface area contributed by atoms with Gasteiger partial charge in [0.25, 0.3) is 15.7 Å². The van der Waals surface area contributed by atoms with Crippen molar-refractivity contribution in [2.45, 2.75) is 4.90 Å². The van der Waals surface area contributed by atoms with Crippen LogP contribution in [0.4, 0.5) is 10.1 Å². The third-order valence-corrected chi connectivity index (χ3v) is 2.91. The van der Waals surface area contributed by atoms with Gasteiger partial charge in [0, 0.05) is 0 Å². The van der Waals surface area contributed by atoms with Gasteiger partial charge in [-0.3, -0.25) is 15.0 Å². The Morgan fingerprint density at radius 1 is 1.50 bits per heavy atom. The molecule has 0 spiro atoms. The summed E-state index contributed by atoms with van der Waals surface area (Å²) >= 11 is 0. The zero-order chi connectivity index (χ0) is 12.3. The van der Waals surface area contributed by atoms with Crippen molar-refractivity contribution in [1.29, 1.82) is 0 Å². The first-order valence-electron chi connectivity index (χ1n) is 3.87. The van der Waals surface area contributed by atoms with Gasteiger partial charge in [0.2, 0.25) is 0 Å². The van der Waals surface area contributed by atoms with Crippen molar-refractivity contribution in [3.8, 4) is 0 Å². The van der Waals surface area contributed by atoms with Crippen LogP contribution in [0.5, 0.6) is 0 Å². The highest BCUT2D eigenvalue weighted by molar-refractivity contribution is 7.89. The van der Waals surface area contributed by atoms with E-state index in [2.05, 4.69) is 4.84 Å². The van der Waals surface area contributed by atoms with Crippen LogP contribution in [0.15, 0.2) is 23.1 Å². The van der Waals surface area contributed by atoms with Gasteiger partial charge < -0.3 is 0 Å². The summed E-state index contributed by atoms with van der Waals surface area (Å²) in [6, 6.07) is 2.11. The molecule has 1 N–H and O–H groups in total. The monoisotopic (exact) mass is 250 g/mol. The molecule has 0 unspecified atom stereocenters. The van der Waals surface area contributed by atoms with Gasteiger partial charge in [0.05, 0.1) is 18.1 Å². The van der Waals surface area contributed by atoms with E-state index in [1.54, 1.807) is 4.89 Å². The summed E-state index contributed by atoms with van der Waals surface area (Å²) in [4.78, 5) is 14.6. The molecule has 0 aliphatic heterocycles. The minimum atomic E-state index is -4.18. The zero-order valence-electron chi connectivity index (χ0n) is 8.01. The Labute approximate surface area is 90.0 Å². The van der Waals surface area contributed by atoms with Crippen molar-refractivity contribution in [3.05, 3.63) is 34.1 Å². The Bertz CT molecular complexity index is 516. The molecule has 1 rings (SSSR count). The molecule has 0 aliphatic carbocycles. The van der Waals surface area contributed by atoms with E-state index in [0.717, 1.165) is 19.2 Å². The fourth-order valence-electron chi connectivity index (χ4n) is 1.02. The SMILES string of the molecule is CONS(=O)(=O)c1ccc(F)cc1[N+](=O)[O-]. The van der Waals surface area contributed by atoms with E-state index < -0.39 is 31.3 Å². The van der Waals surface area contributed by atoms with Crippen LogP contribution in [0.2, 0.25) is 0 Å². The largest absolute Gasteiger partial charge is 0.292 e. The second-order valence-corrected chi connectivity index (χ2v) is 4.27. The average molecular weight is 250 g/mol. The number of hydrogen-bond acceptors (Lipinski definition) is 5. The summed E-state index contributed by atoms with van der Waals surface area (Å²) in [5.41, 5.74) is -0.857. The molecule has 0 aromatic heterocycles. The molecule has 0 fully saturated rings. The van der Waals surface area contributed by atoms with Crippen LogP contribution < -0.4 is 4.89 Å². The fraction of sp³-hybridized carbons (Fsp3) is 0.143. The summed E-state index contributed by atoms with van der Waals surface area (Å²) in [7, 11) is -3.15. The van der Waals surface area contributed by atoms with E-state index in [4.69, 9.17) is 0 Å². The fourth-order valence-corrected chi connectivity index (χ4v) is 1.98. The standard InChI is InChI=1S/C7H7FN2O5S/c1-15-9-16(13,14)7-3-2-5(8)4-6(7)10(11)12/h2-4,9H,1H3. The number of nitrogens with one attached hydrogen (secondary N) is 1. The van der Waals surface area contributed by atoms with Crippen LogP contribution in [0, 0.1) is 15.9 Å². The number of halogens is 1. The lowest BCUT2D eigenvalue weighted by molar-refractivity contribution is -0.388. The number of nitrogens with zero attached hydrogens (tertiary/aromatic N) is 1. The van der Waals surface area contributed by atoms with Crippen molar-refractivity contribution < 1.29 is 22.6 Å². The Morgan fingerprint density at radius 3 is 2.62 bits per heavy atom. The van der Waals surface area contributed by atoms with Crippen molar-refractivity contribution >= 4 is 15.7 Å². The summed E-state index contributed by atoms with van der Waals surface area (Å²) in [6.07, 6.45) is 0. The van der Waals surface area contributed by atoms with Crippen molar-refractivity contribution in [3.63, 3.8) is 0 Å². The topological polar surface area (TPSA) is 98.5 Å². The lowest BCUT2D eigenvalue weighted by Crippen LogP contribution is -2.23. The number of benzene rings is 1. The minimum absolute atomic E-state index is 0.518. The minimum Gasteiger partial charge on any atom is -0.290 e. The van der Waals surface area contributed by atoms with E-state index in [1.165, 1.54) is 0 Å². The predicted octanol–water partition coefficient (Wildman–Crippen LogP) is 0.574. The number of hydrogen-bond donors (Lipinski definition) is 1. The van der Waals surface area contributed by atoms with Gasteiger partial charge in [-0.2, -0.15) is 0 Å². The molecule has 0 heterocycles. The molecule has 0 radical (unpaired) electrons. The Kier molecular flexibility index (Phi) is 3.52. The molecule has 0 bridgehead atoms. The number of nitro benzene ring substituents is 1. The van der Waals surface area contributed by atoms with Gasteiger partial charge in [-0.05, 0) is 12.1 Å². The highest BCUT2D eigenvalue weighted by atomic mass is 32.2. The number of rotatable bonds is 4. The first-order valence-corrected chi connectivity index (χ1v) is 5.35. The van der Waals surface area contributed by atoms with Gasteiger partial charge >= 0.3 is 0 Å². The van der Waals surface area contributed by atoms with Crippen molar-refractivity contribution in [2.24, 2.45) is 0 Å². The van der Waals surface area contributed by atoms with Crippen LogP contribution in [0.1, 0.15) is 0 Å². The lowest BCUT2D eigenvalue weighted by Gasteiger charge is -2.04. The second kappa shape index (κ2) is 4.51. The normalized spacial score (nSPS) is 11.4. The maximum absolute atomic E-state index is 12.7. The predicted molar refractivity (Wildman–Crippen MR) is 50.4 cm³/mol. The molecule has 16 heavy (non-hydrogen) atoms. The van der Waals surface area contributed by atoms with Crippen LogP contribution in [0.3, 0.4) is 0 Å². The summed E-state index contributed by atoms with van der Waals surface area (Å²) < 4.78 is 35.5. The van der Waals surface area contributed by atoms with Crippen LogP contribution >= 0.6 is 0 Å². The number of sulfonamides is 1. The first-order chi connectivity index (χ1) is 7.38.